The third-order valence-electron chi connectivity index (χ3n) is 4.88. The average molecular weight is 388 g/mol. The second-order valence-electron chi connectivity index (χ2n) is 6.95. The van der Waals surface area contributed by atoms with Gasteiger partial charge in [0.1, 0.15) is 16.5 Å². The summed E-state index contributed by atoms with van der Waals surface area (Å²) in [7, 11) is 0. The summed E-state index contributed by atoms with van der Waals surface area (Å²) in [4.78, 5) is 19.3. The Bertz CT molecular complexity index is 721. The molecule has 0 bridgehead atoms. The average Bonchev–Trinajstić information content (AvgIpc) is 3.21. The molecule has 0 saturated carbocycles. The Labute approximate surface area is 165 Å². The highest BCUT2D eigenvalue weighted by atomic mass is 32.1. The lowest BCUT2D eigenvalue weighted by atomic mass is 9.96. The van der Waals surface area contributed by atoms with Gasteiger partial charge in [-0.15, -0.1) is 11.3 Å². The third kappa shape index (κ3) is 5.30. The Hall–Kier alpha value is -1.92. The predicted octanol–water partition coefficient (Wildman–Crippen LogP) is 4.06. The molecule has 0 spiro atoms. The van der Waals surface area contributed by atoms with E-state index in [1.165, 1.54) is 11.3 Å². The molecule has 27 heavy (non-hydrogen) atoms. The fraction of sp³-hybridized carbons (Fsp3) is 0.524. The van der Waals surface area contributed by atoms with Gasteiger partial charge >= 0.3 is 0 Å². The molecule has 0 atom stereocenters. The van der Waals surface area contributed by atoms with E-state index in [2.05, 4.69) is 24.1 Å². The summed E-state index contributed by atoms with van der Waals surface area (Å²) < 4.78 is 5.62. The molecule has 1 aliphatic rings. The zero-order valence-electron chi connectivity index (χ0n) is 16.2. The molecule has 2 aromatic rings. The van der Waals surface area contributed by atoms with Crippen molar-refractivity contribution >= 4 is 17.2 Å². The number of rotatable bonds is 8. The van der Waals surface area contributed by atoms with Gasteiger partial charge in [-0.1, -0.05) is 13.8 Å². The van der Waals surface area contributed by atoms with E-state index < -0.39 is 0 Å². The number of amides is 1. The molecule has 1 amide bonds. The predicted molar refractivity (Wildman–Crippen MR) is 111 cm³/mol. The summed E-state index contributed by atoms with van der Waals surface area (Å²) >= 11 is 1.52. The summed E-state index contributed by atoms with van der Waals surface area (Å²) in [6.45, 7) is 8.65. The molecule has 0 radical (unpaired) electrons. The number of nitrogens with zero attached hydrogens (tertiary/aromatic N) is 2. The molecule has 3 rings (SSSR count). The van der Waals surface area contributed by atoms with E-state index in [4.69, 9.17) is 4.74 Å². The van der Waals surface area contributed by atoms with E-state index in [0.29, 0.717) is 11.6 Å². The lowest BCUT2D eigenvalue weighted by Crippen LogP contribution is -2.40. The monoisotopic (exact) mass is 387 g/mol. The number of piperidine rings is 1. The van der Waals surface area contributed by atoms with Gasteiger partial charge in [-0.2, -0.15) is 0 Å². The van der Waals surface area contributed by atoms with Gasteiger partial charge < -0.3 is 15.0 Å². The third-order valence-corrected chi connectivity index (χ3v) is 5.77. The second kappa shape index (κ2) is 9.85. The number of benzene rings is 1. The van der Waals surface area contributed by atoms with E-state index in [0.717, 1.165) is 68.4 Å². The number of hydrogen-bond acceptors (Lipinski definition) is 5. The SMILES string of the molecule is CCCOc1ccc(-c2nc(C(=O)N3CCC(CNCC)CC3)cs2)cc1. The minimum atomic E-state index is 0.0577. The summed E-state index contributed by atoms with van der Waals surface area (Å²) in [5.41, 5.74) is 1.58. The molecule has 2 heterocycles. The first kappa shape index (κ1) is 19.8. The van der Waals surface area contributed by atoms with Crippen molar-refractivity contribution in [2.24, 2.45) is 5.92 Å². The Balaban J connectivity index is 1.58. The molecular weight excluding hydrogens is 358 g/mol. The minimum Gasteiger partial charge on any atom is -0.494 e. The second-order valence-corrected chi connectivity index (χ2v) is 7.81. The number of carbonyl (C=O) groups excluding carboxylic acids is 1. The Kier molecular flexibility index (Phi) is 7.24. The molecule has 0 unspecified atom stereocenters. The number of carbonyl (C=O) groups is 1. The van der Waals surface area contributed by atoms with Crippen LogP contribution in [0.2, 0.25) is 0 Å². The molecule has 1 aliphatic heterocycles. The maximum atomic E-state index is 12.8. The minimum absolute atomic E-state index is 0.0577. The maximum Gasteiger partial charge on any atom is 0.273 e. The van der Waals surface area contributed by atoms with Crippen LogP contribution in [0, 0.1) is 5.92 Å². The van der Waals surface area contributed by atoms with Crippen LogP contribution in [-0.4, -0.2) is 48.6 Å². The van der Waals surface area contributed by atoms with Crippen LogP contribution < -0.4 is 10.1 Å². The van der Waals surface area contributed by atoms with Crippen molar-refractivity contribution < 1.29 is 9.53 Å². The summed E-state index contributed by atoms with van der Waals surface area (Å²) in [6, 6.07) is 7.93. The van der Waals surface area contributed by atoms with Crippen molar-refractivity contribution in [1.29, 1.82) is 0 Å². The standard InChI is InChI=1S/C21H29N3O2S/c1-3-13-26-18-7-5-17(6-8-18)20-23-19(15-27-20)21(25)24-11-9-16(10-12-24)14-22-4-2/h5-8,15-16,22H,3-4,9-14H2,1-2H3. The highest BCUT2D eigenvalue weighted by Crippen LogP contribution is 2.27. The Morgan fingerprint density at radius 3 is 2.67 bits per heavy atom. The molecule has 6 heteroatoms. The smallest absolute Gasteiger partial charge is 0.273 e. The van der Waals surface area contributed by atoms with Gasteiger partial charge in [-0.3, -0.25) is 4.79 Å². The highest BCUT2D eigenvalue weighted by molar-refractivity contribution is 7.13. The number of nitrogens with one attached hydrogen (secondary N) is 1. The van der Waals surface area contributed by atoms with E-state index >= 15 is 0 Å². The van der Waals surface area contributed by atoms with Gasteiger partial charge in [-0.05, 0) is 62.5 Å². The molecule has 5 nitrogen and oxygen atoms in total. The molecular formula is C21H29N3O2S. The quantitative estimate of drug-likeness (QED) is 0.742. The largest absolute Gasteiger partial charge is 0.494 e. The van der Waals surface area contributed by atoms with Gasteiger partial charge in [0.2, 0.25) is 0 Å². The number of ether oxygens (including phenoxy) is 1. The van der Waals surface area contributed by atoms with Crippen molar-refractivity contribution in [3.8, 4) is 16.3 Å². The van der Waals surface area contributed by atoms with E-state index in [9.17, 15) is 4.79 Å². The van der Waals surface area contributed by atoms with Crippen molar-refractivity contribution in [2.45, 2.75) is 33.1 Å². The van der Waals surface area contributed by atoms with Crippen LogP contribution in [0.1, 0.15) is 43.6 Å². The van der Waals surface area contributed by atoms with Crippen LogP contribution in [0.25, 0.3) is 10.6 Å². The maximum absolute atomic E-state index is 12.8. The van der Waals surface area contributed by atoms with E-state index in [1.54, 1.807) is 0 Å². The van der Waals surface area contributed by atoms with Gasteiger partial charge in [-0.25, -0.2) is 4.98 Å². The molecule has 146 valence electrons. The van der Waals surface area contributed by atoms with E-state index in [-0.39, 0.29) is 5.91 Å². The lowest BCUT2D eigenvalue weighted by Gasteiger charge is -2.31. The highest BCUT2D eigenvalue weighted by Gasteiger charge is 2.25. The van der Waals surface area contributed by atoms with Crippen LogP contribution in [0.5, 0.6) is 5.75 Å². The molecule has 1 saturated heterocycles. The Morgan fingerprint density at radius 1 is 1.26 bits per heavy atom. The van der Waals surface area contributed by atoms with E-state index in [1.807, 2.05) is 34.5 Å². The zero-order valence-corrected chi connectivity index (χ0v) is 17.1. The molecule has 1 aromatic heterocycles. The van der Waals surface area contributed by atoms with Crippen LogP contribution in [0.3, 0.4) is 0 Å². The van der Waals surface area contributed by atoms with Crippen molar-refractivity contribution in [3.63, 3.8) is 0 Å². The normalized spacial score (nSPS) is 15.1. The fourth-order valence-electron chi connectivity index (χ4n) is 3.27. The fourth-order valence-corrected chi connectivity index (χ4v) is 4.07. The summed E-state index contributed by atoms with van der Waals surface area (Å²) in [5, 5.41) is 6.16. The number of likely N-dealkylation sites (tertiary alicyclic amines) is 1. The van der Waals surface area contributed by atoms with Gasteiger partial charge in [0, 0.05) is 24.0 Å². The topological polar surface area (TPSA) is 54.5 Å². The first-order chi connectivity index (χ1) is 13.2. The van der Waals surface area contributed by atoms with Crippen molar-refractivity contribution in [2.75, 3.05) is 32.8 Å². The summed E-state index contributed by atoms with van der Waals surface area (Å²) in [6.07, 6.45) is 3.12. The molecule has 1 fully saturated rings. The van der Waals surface area contributed by atoms with Crippen LogP contribution >= 0.6 is 11.3 Å². The van der Waals surface area contributed by atoms with Crippen molar-refractivity contribution in [1.82, 2.24) is 15.2 Å². The van der Waals surface area contributed by atoms with Crippen LogP contribution in [0.15, 0.2) is 29.6 Å². The van der Waals surface area contributed by atoms with Crippen LogP contribution in [0.4, 0.5) is 0 Å². The van der Waals surface area contributed by atoms with Crippen molar-refractivity contribution in [3.05, 3.63) is 35.3 Å². The summed E-state index contributed by atoms with van der Waals surface area (Å²) in [5.74, 6) is 1.60. The van der Waals surface area contributed by atoms with Gasteiger partial charge in [0.15, 0.2) is 0 Å². The Morgan fingerprint density at radius 2 is 2.00 bits per heavy atom. The van der Waals surface area contributed by atoms with Gasteiger partial charge in [0.05, 0.1) is 6.61 Å². The van der Waals surface area contributed by atoms with Gasteiger partial charge in [0.25, 0.3) is 5.91 Å². The number of thiazole rings is 1. The number of aromatic nitrogens is 1. The molecule has 1 aromatic carbocycles. The number of hydrogen-bond donors (Lipinski definition) is 1. The zero-order chi connectivity index (χ0) is 19.1. The molecule has 0 aliphatic carbocycles. The first-order valence-corrected chi connectivity index (χ1v) is 10.8. The first-order valence-electron chi connectivity index (χ1n) is 9.90. The molecule has 1 N–H and O–H groups in total. The van der Waals surface area contributed by atoms with Crippen LogP contribution in [-0.2, 0) is 0 Å². The lowest BCUT2D eigenvalue weighted by molar-refractivity contribution is 0.0685.